The summed E-state index contributed by atoms with van der Waals surface area (Å²) in [4.78, 5) is 13.0. The van der Waals surface area contributed by atoms with E-state index in [4.69, 9.17) is 5.26 Å². The maximum Gasteiger partial charge on any atom is 0.410 e. The number of hydrogen-bond donors (Lipinski definition) is 0. The van der Waals surface area contributed by atoms with Crippen molar-refractivity contribution in [2.24, 2.45) is 0 Å². The van der Waals surface area contributed by atoms with Gasteiger partial charge in [-0.3, -0.25) is 4.90 Å². The second-order valence-corrected chi connectivity index (χ2v) is 3.62. The number of carbonyl (C=O) groups is 1. The molecule has 1 heterocycles. The Bertz CT molecular complexity index is 259. The normalized spacial score (nSPS) is 25.9. The van der Waals surface area contributed by atoms with Gasteiger partial charge in [0, 0.05) is 6.54 Å². The average molecular weight is 196 g/mol. The van der Waals surface area contributed by atoms with Gasteiger partial charge < -0.3 is 4.74 Å². The Labute approximate surface area is 84.4 Å². The summed E-state index contributed by atoms with van der Waals surface area (Å²) in [6.45, 7) is 2.66. The van der Waals surface area contributed by atoms with E-state index in [0.717, 1.165) is 25.7 Å². The van der Waals surface area contributed by atoms with E-state index in [-0.39, 0.29) is 6.09 Å². The topological polar surface area (TPSA) is 53.3 Å². The minimum atomic E-state index is -0.609. The van der Waals surface area contributed by atoms with Gasteiger partial charge in [0.2, 0.25) is 0 Å². The molecule has 1 aliphatic rings. The van der Waals surface area contributed by atoms with Crippen LogP contribution in [0.15, 0.2) is 0 Å². The Morgan fingerprint density at radius 1 is 1.71 bits per heavy atom. The third-order valence-corrected chi connectivity index (χ3v) is 2.76. The molecule has 0 bridgehead atoms. The SMILES string of the molecule is CCCC1(C#N)CCCN1C(=O)OC. The monoisotopic (exact) mass is 196 g/mol. The predicted molar refractivity (Wildman–Crippen MR) is 51.6 cm³/mol. The van der Waals surface area contributed by atoms with Gasteiger partial charge in [-0.15, -0.1) is 0 Å². The maximum atomic E-state index is 11.4. The first-order chi connectivity index (χ1) is 6.70. The number of nitriles is 1. The van der Waals surface area contributed by atoms with Crippen LogP contribution in [0.5, 0.6) is 0 Å². The molecule has 4 nitrogen and oxygen atoms in total. The number of methoxy groups -OCH3 is 1. The fraction of sp³-hybridized carbons (Fsp3) is 0.800. The smallest absolute Gasteiger partial charge is 0.410 e. The number of ether oxygens (including phenoxy) is 1. The summed E-state index contributed by atoms with van der Waals surface area (Å²) in [5.74, 6) is 0. The minimum Gasteiger partial charge on any atom is -0.453 e. The molecule has 1 unspecified atom stereocenters. The van der Waals surface area contributed by atoms with Crippen molar-refractivity contribution in [2.75, 3.05) is 13.7 Å². The van der Waals surface area contributed by atoms with E-state index in [1.807, 2.05) is 6.92 Å². The van der Waals surface area contributed by atoms with Crippen molar-refractivity contribution < 1.29 is 9.53 Å². The standard InChI is InChI=1S/C10H16N2O2/c1-3-5-10(8-11)6-4-7-12(10)9(13)14-2/h3-7H2,1-2H3. The van der Waals surface area contributed by atoms with Gasteiger partial charge >= 0.3 is 6.09 Å². The van der Waals surface area contributed by atoms with Crippen LogP contribution in [0.3, 0.4) is 0 Å². The first-order valence-corrected chi connectivity index (χ1v) is 4.97. The summed E-state index contributed by atoms with van der Waals surface area (Å²) < 4.78 is 4.67. The molecular formula is C10H16N2O2. The molecular weight excluding hydrogens is 180 g/mol. The van der Waals surface area contributed by atoms with Crippen LogP contribution in [-0.2, 0) is 4.74 Å². The van der Waals surface area contributed by atoms with Crippen LogP contribution < -0.4 is 0 Å². The van der Waals surface area contributed by atoms with E-state index in [1.54, 1.807) is 4.90 Å². The molecule has 4 heteroatoms. The number of nitrogens with zero attached hydrogens (tertiary/aromatic N) is 2. The van der Waals surface area contributed by atoms with Gasteiger partial charge in [-0.1, -0.05) is 13.3 Å². The Morgan fingerprint density at radius 3 is 2.93 bits per heavy atom. The first kappa shape index (κ1) is 10.8. The van der Waals surface area contributed by atoms with Gasteiger partial charge in [0.15, 0.2) is 0 Å². The van der Waals surface area contributed by atoms with Crippen molar-refractivity contribution in [1.29, 1.82) is 5.26 Å². The molecule has 14 heavy (non-hydrogen) atoms. The first-order valence-electron chi connectivity index (χ1n) is 4.97. The Kier molecular flexibility index (Phi) is 3.34. The molecule has 78 valence electrons. The molecule has 0 spiro atoms. The van der Waals surface area contributed by atoms with Crippen LogP contribution in [0.1, 0.15) is 32.6 Å². The average Bonchev–Trinajstić information content (AvgIpc) is 2.62. The van der Waals surface area contributed by atoms with E-state index in [9.17, 15) is 4.79 Å². The number of amides is 1. The number of likely N-dealkylation sites (tertiary alicyclic amines) is 1. The summed E-state index contributed by atoms with van der Waals surface area (Å²) in [7, 11) is 1.36. The fourth-order valence-corrected chi connectivity index (χ4v) is 2.10. The van der Waals surface area contributed by atoms with E-state index in [1.165, 1.54) is 7.11 Å². The van der Waals surface area contributed by atoms with E-state index in [2.05, 4.69) is 10.8 Å². The van der Waals surface area contributed by atoms with Crippen molar-refractivity contribution in [3.05, 3.63) is 0 Å². The van der Waals surface area contributed by atoms with Gasteiger partial charge in [-0.25, -0.2) is 4.79 Å². The predicted octanol–water partition coefficient (Wildman–Crippen LogP) is 1.91. The third-order valence-electron chi connectivity index (χ3n) is 2.76. The summed E-state index contributed by atoms with van der Waals surface area (Å²) in [5.41, 5.74) is -0.609. The van der Waals surface area contributed by atoms with Gasteiger partial charge in [0.25, 0.3) is 0 Å². The van der Waals surface area contributed by atoms with Crippen LogP contribution in [0.4, 0.5) is 4.79 Å². The lowest BCUT2D eigenvalue weighted by Gasteiger charge is -2.30. The van der Waals surface area contributed by atoms with Crippen LogP contribution in [0.25, 0.3) is 0 Å². The quantitative estimate of drug-likeness (QED) is 0.677. The van der Waals surface area contributed by atoms with E-state index < -0.39 is 5.54 Å². The van der Waals surface area contributed by atoms with Gasteiger partial charge in [-0.05, 0) is 19.3 Å². The Hall–Kier alpha value is -1.24. The van der Waals surface area contributed by atoms with Crippen LogP contribution >= 0.6 is 0 Å². The fourth-order valence-electron chi connectivity index (χ4n) is 2.10. The van der Waals surface area contributed by atoms with Crippen LogP contribution in [-0.4, -0.2) is 30.2 Å². The maximum absolute atomic E-state index is 11.4. The zero-order valence-corrected chi connectivity index (χ0v) is 8.75. The molecule has 0 N–H and O–H groups in total. The highest BCUT2D eigenvalue weighted by Gasteiger charge is 2.43. The summed E-state index contributed by atoms with van der Waals surface area (Å²) >= 11 is 0. The van der Waals surface area contributed by atoms with Crippen molar-refractivity contribution in [3.63, 3.8) is 0 Å². The second-order valence-electron chi connectivity index (χ2n) is 3.62. The Morgan fingerprint density at radius 2 is 2.43 bits per heavy atom. The molecule has 0 saturated carbocycles. The van der Waals surface area contributed by atoms with Crippen molar-refractivity contribution in [1.82, 2.24) is 4.90 Å². The molecule has 1 amide bonds. The van der Waals surface area contributed by atoms with Gasteiger partial charge in [-0.2, -0.15) is 5.26 Å². The molecule has 1 atom stereocenters. The number of hydrogen-bond acceptors (Lipinski definition) is 3. The zero-order valence-electron chi connectivity index (χ0n) is 8.75. The number of rotatable bonds is 2. The zero-order chi connectivity index (χ0) is 10.6. The van der Waals surface area contributed by atoms with Gasteiger partial charge in [0.1, 0.15) is 5.54 Å². The highest BCUT2D eigenvalue weighted by molar-refractivity contribution is 5.69. The summed E-state index contributed by atoms with van der Waals surface area (Å²) in [6.07, 6.45) is 2.92. The molecule has 0 aromatic rings. The summed E-state index contributed by atoms with van der Waals surface area (Å²) in [5, 5.41) is 9.16. The molecule has 0 aliphatic carbocycles. The third kappa shape index (κ3) is 1.67. The molecule has 0 radical (unpaired) electrons. The largest absolute Gasteiger partial charge is 0.453 e. The minimum absolute atomic E-state index is 0.377. The van der Waals surface area contributed by atoms with Gasteiger partial charge in [0.05, 0.1) is 13.2 Å². The highest BCUT2D eigenvalue weighted by Crippen LogP contribution is 2.33. The van der Waals surface area contributed by atoms with E-state index in [0.29, 0.717) is 6.54 Å². The Balaban J connectivity index is 2.84. The molecule has 1 rings (SSSR count). The molecule has 1 saturated heterocycles. The van der Waals surface area contributed by atoms with Crippen molar-refractivity contribution >= 4 is 6.09 Å². The van der Waals surface area contributed by atoms with Crippen LogP contribution in [0, 0.1) is 11.3 Å². The lowest BCUT2D eigenvalue weighted by Crippen LogP contribution is -2.46. The summed E-state index contributed by atoms with van der Waals surface area (Å²) in [6, 6.07) is 2.27. The van der Waals surface area contributed by atoms with Crippen molar-refractivity contribution in [2.45, 2.75) is 38.1 Å². The molecule has 1 fully saturated rings. The van der Waals surface area contributed by atoms with Crippen LogP contribution in [0.2, 0.25) is 0 Å². The second kappa shape index (κ2) is 4.32. The molecule has 1 aliphatic heterocycles. The van der Waals surface area contributed by atoms with Crippen molar-refractivity contribution in [3.8, 4) is 6.07 Å². The lowest BCUT2D eigenvalue weighted by atomic mass is 9.93. The lowest BCUT2D eigenvalue weighted by molar-refractivity contribution is 0.101. The molecule has 0 aromatic heterocycles. The van der Waals surface area contributed by atoms with E-state index >= 15 is 0 Å². The number of carbonyl (C=O) groups excluding carboxylic acids is 1. The molecule has 0 aromatic carbocycles. The highest BCUT2D eigenvalue weighted by atomic mass is 16.5.